The van der Waals surface area contributed by atoms with E-state index in [0.29, 0.717) is 6.42 Å². The van der Waals surface area contributed by atoms with Crippen molar-refractivity contribution in [2.45, 2.75) is 43.9 Å². The molecule has 0 N–H and O–H groups in total. The van der Waals surface area contributed by atoms with Crippen LogP contribution in [0.1, 0.15) is 55.5 Å². The number of allylic oxidation sites excluding steroid dienone is 3. The van der Waals surface area contributed by atoms with E-state index in [4.69, 9.17) is 4.74 Å². The van der Waals surface area contributed by atoms with Crippen molar-refractivity contribution < 1.29 is 14.3 Å². The van der Waals surface area contributed by atoms with Gasteiger partial charge in [0.25, 0.3) is 0 Å². The molecule has 2 aliphatic carbocycles. The molecule has 0 bridgehead atoms. The molecule has 0 amide bonds. The fourth-order valence-corrected chi connectivity index (χ4v) is 3.49. The Hall–Kier alpha value is -1.68. The third kappa shape index (κ3) is 3.39. The Kier molecular flexibility index (Phi) is 4.52. The van der Waals surface area contributed by atoms with Crippen molar-refractivity contribution in [2.24, 2.45) is 0 Å². The summed E-state index contributed by atoms with van der Waals surface area (Å²) < 4.78 is 4.22. The van der Waals surface area contributed by atoms with Crippen LogP contribution in [-0.2, 0) is 9.53 Å². The fourth-order valence-electron chi connectivity index (χ4n) is 3.26. The number of hydrogen-bond acceptors (Lipinski definition) is 3. The van der Waals surface area contributed by atoms with E-state index in [2.05, 4.69) is 15.9 Å². The summed E-state index contributed by atoms with van der Waals surface area (Å²) in [5.41, 5.74) is 7.20. The van der Waals surface area contributed by atoms with E-state index < -0.39 is 4.32 Å². The van der Waals surface area contributed by atoms with Crippen LogP contribution in [0, 0.1) is 0 Å². The van der Waals surface area contributed by atoms with Crippen molar-refractivity contribution in [1.29, 1.82) is 0 Å². The molecule has 0 heterocycles. The molecule has 0 atom stereocenters. The summed E-state index contributed by atoms with van der Waals surface area (Å²) in [5, 5.41) is 0. The van der Waals surface area contributed by atoms with Gasteiger partial charge < -0.3 is 4.74 Å². The Morgan fingerprint density at radius 1 is 1.08 bits per heavy atom. The normalized spacial score (nSPS) is 16.8. The minimum absolute atomic E-state index is 0.0859. The number of Topliss-reactive ketones (excluding diaryl/α,β-unsaturated/α-hetero) is 1. The summed E-state index contributed by atoms with van der Waals surface area (Å²) in [6.07, 6.45) is 3.26. The molecule has 3 nitrogen and oxygen atoms in total. The van der Waals surface area contributed by atoms with Crippen LogP contribution in [0.25, 0.3) is 5.57 Å². The van der Waals surface area contributed by atoms with Crippen molar-refractivity contribution in [3.63, 3.8) is 0 Å². The van der Waals surface area contributed by atoms with Gasteiger partial charge in [-0.2, -0.15) is 0 Å². The third-order valence-electron chi connectivity index (χ3n) is 4.68. The van der Waals surface area contributed by atoms with E-state index in [1.165, 1.54) is 35.0 Å². The smallest absolute Gasteiger partial charge is 0.309 e. The van der Waals surface area contributed by atoms with Crippen molar-refractivity contribution in [3.05, 3.63) is 52.1 Å². The molecule has 2 aliphatic rings. The van der Waals surface area contributed by atoms with Crippen LogP contribution >= 0.6 is 15.9 Å². The van der Waals surface area contributed by atoms with Crippen LogP contribution in [0.3, 0.4) is 0 Å². The van der Waals surface area contributed by atoms with Crippen LogP contribution < -0.4 is 0 Å². The Morgan fingerprint density at radius 3 is 2.33 bits per heavy atom. The van der Waals surface area contributed by atoms with Gasteiger partial charge in [0.15, 0.2) is 5.78 Å². The van der Waals surface area contributed by atoms with Crippen LogP contribution in [0.15, 0.2) is 41.0 Å². The predicted octanol–water partition coefficient (Wildman–Crippen LogP) is 4.85. The molecule has 0 spiro atoms. The van der Waals surface area contributed by atoms with Crippen LogP contribution in [-0.4, -0.2) is 23.2 Å². The van der Waals surface area contributed by atoms with Gasteiger partial charge in [-0.3, -0.25) is 9.59 Å². The van der Waals surface area contributed by atoms with Gasteiger partial charge in [-0.15, -0.1) is 0 Å². The molecule has 3 rings (SSSR count). The maximum Gasteiger partial charge on any atom is 0.309 e. The topological polar surface area (TPSA) is 43.4 Å². The predicted molar refractivity (Wildman–Crippen MR) is 98.2 cm³/mol. The molecular formula is C20H21BrO3. The standard InChI is InChI=1S/C20H21BrO3/c1-20(2,21)19(23)13-6-4-12(5-7-13)15-9-8-14(10-18(22)24-3)16-11-17(15)16/h4-7H,8-11H2,1-3H3. The molecular weight excluding hydrogens is 368 g/mol. The molecule has 0 unspecified atom stereocenters. The van der Waals surface area contributed by atoms with Gasteiger partial charge in [0, 0.05) is 5.56 Å². The quantitative estimate of drug-likeness (QED) is 0.411. The molecule has 1 aromatic rings. The Morgan fingerprint density at radius 2 is 1.75 bits per heavy atom. The molecule has 0 saturated heterocycles. The van der Waals surface area contributed by atoms with E-state index >= 15 is 0 Å². The zero-order chi connectivity index (χ0) is 17.5. The molecule has 1 aromatic carbocycles. The molecule has 4 heteroatoms. The Labute approximate surface area is 150 Å². The lowest BCUT2D eigenvalue weighted by Crippen LogP contribution is -2.23. The average Bonchev–Trinajstić information content (AvgIpc) is 3.34. The van der Waals surface area contributed by atoms with E-state index in [9.17, 15) is 9.59 Å². The van der Waals surface area contributed by atoms with Gasteiger partial charge in [-0.05, 0) is 55.4 Å². The maximum atomic E-state index is 12.3. The van der Waals surface area contributed by atoms with Gasteiger partial charge in [0.1, 0.15) is 0 Å². The highest BCUT2D eigenvalue weighted by molar-refractivity contribution is 9.10. The minimum atomic E-state index is -0.545. The lowest BCUT2D eigenvalue weighted by atomic mass is 9.91. The van der Waals surface area contributed by atoms with E-state index in [1.807, 2.05) is 38.1 Å². The SMILES string of the molecule is COC(=O)CC1=C2CC2=C(c2ccc(C(=O)C(C)(C)Br)cc2)CC1. The highest BCUT2D eigenvalue weighted by atomic mass is 79.9. The number of esters is 1. The van der Waals surface area contributed by atoms with Crippen molar-refractivity contribution in [3.8, 4) is 0 Å². The first-order valence-electron chi connectivity index (χ1n) is 8.15. The number of halogens is 1. The van der Waals surface area contributed by atoms with Gasteiger partial charge >= 0.3 is 5.97 Å². The van der Waals surface area contributed by atoms with Crippen molar-refractivity contribution >= 4 is 33.3 Å². The summed E-state index contributed by atoms with van der Waals surface area (Å²) in [5.74, 6) is -0.0739. The molecule has 0 aromatic heterocycles. The summed E-state index contributed by atoms with van der Waals surface area (Å²) >= 11 is 3.42. The highest BCUT2D eigenvalue weighted by Crippen LogP contribution is 2.51. The molecule has 1 saturated carbocycles. The number of fused-ring (bicyclic) bond motifs is 1. The Balaban J connectivity index is 1.81. The molecule has 126 valence electrons. The highest BCUT2D eigenvalue weighted by Gasteiger charge is 2.33. The monoisotopic (exact) mass is 388 g/mol. The number of methoxy groups -OCH3 is 1. The molecule has 24 heavy (non-hydrogen) atoms. The zero-order valence-electron chi connectivity index (χ0n) is 14.2. The van der Waals surface area contributed by atoms with E-state index in [1.54, 1.807) is 0 Å². The number of ketones is 1. The summed E-state index contributed by atoms with van der Waals surface area (Å²) in [4.78, 5) is 23.8. The molecule has 1 fully saturated rings. The fraction of sp³-hybridized carbons (Fsp3) is 0.400. The van der Waals surface area contributed by atoms with Crippen LogP contribution in [0.4, 0.5) is 0 Å². The number of ether oxygens (including phenoxy) is 1. The first-order valence-corrected chi connectivity index (χ1v) is 8.95. The van der Waals surface area contributed by atoms with Crippen molar-refractivity contribution in [1.82, 2.24) is 0 Å². The number of carbonyl (C=O) groups is 2. The summed E-state index contributed by atoms with van der Waals surface area (Å²) in [7, 11) is 1.43. The van der Waals surface area contributed by atoms with Gasteiger partial charge in [0.05, 0.1) is 17.9 Å². The number of rotatable bonds is 5. The summed E-state index contributed by atoms with van der Waals surface area (Å²) in [6, 6.07) is 7.89. The number of carbonyl (C=O) groups excluding carboxylic acids is 2. The molecule has 0 radical (unpaired) electrons. The largest absolute Gasteiger partial charge is 0.469 e. The van der Waals surface area contributed by atoms with Crippen LogP contribution in [0.5, 0.6) is 0 Å². The average molecular weight is 389 g/mol. The number of alkyl halides is 1. The first-order chi connectivity index (χ1) is 11.3. The van der Waals surface area contributed by atoms with Crippen LogP contribution in [0.2, 0.25) is 0 Å². The van der Waals surface area contributed by atoms with Gasteiger partial charge in [-0.25, -0.2) is 0 Å². The summed E-state index contributed by atoms with van der Waals surface area (Å²) in [6.45, 7) is 3.72. The second-order valence-electron chi connectivity index (χ2n) is 6.85. The minimum Gasteiger partial charge on any atom is -0.469 e. The van der Waals surface area contributed by atoms with Gasteiger partial charge in [0.2, 0.25) is 0 Å². The van der Waals surface area contributed by atoms with E-state index in [-0.39, 0.29) is 11.8 Å². The zero-order valence-corrected chi connectivity index (χ0v) is 15.8. The molecule has 0 aliphatic heterocycles. The number of benzene rings is 1. The second kappa shape index (κ2) is 6.32. The second-order valence-corrected chi connectivity index (χ2v) is 8.83. The van der Waals surface area contributed by atoms with Crippen molar-refractivity contribution in [2.75, 3.05) is 7.11 Å². The first kappa shape index (κ1) is 17.2. The lowest BCUT2D eigenvalue weighted by Gasteiger charge is -2.16. The maximum absolute atomic E-state index is 12.3. The van der Waals surface area contributed by atoms with Gasteiger partial charge in [-0.1, -0.05) is 45.8 Å². The number of hydrogen-bond donors (Lipinski definition) is 0. The lowest BCUT2D eigenvalue weighted by molar-refractivity contribution is -0.139. The third-order valence-corrected chi connectivity index (χ3v) is 5.04. The van der Waals surface area contributed by atoms with E-state index in [0.717, 1.165) is 24.8 Å². The Bertz CT molecular complexity index is 761.